The molecule has 0 bridgehead atoms. The summed E-state index contributed by atoms with van der Waals surface area (Å²) < 4.78 is 14.8. The van der Waals surface area contributed by atoms with Crippen molar-refractivity contribution < 1.29 is 4.39 Å². The largest absolute Gasteiger partial charge is 0.324 e. The zero-order valence-corrected chi connectivity index (χ0v) is 13.1. The van der Waals surface area contributed by atoms with Crippen molar-refractivity contribution in [3.05, 3.63) is 68.4 Å². The molecule has 2 aromatic carbocycles. The van der Waals surface area contributed by atoms with Crippen LogP contribution in [0.25, 0.3) is 0 Å². The second kappa shape index (κ2) is 5.47. The fourth-order valence-electron chi connectivity index (χ4n) is 2.90. The van der Waals surface area contributed by atoms with Crippen molar-refractivity contribution in [3.8, 4) is 0 Å². The third kappa shape index (κ3) is 2.39. The topological polar surface area (TPSA) is 26.0 Å². The number of fused-ring (bicyclic) bond motifs is 1. The van der Waals surface area contributed by atoms with Gasteiger partial charge in [-0.25, -0.2) is 4.39 Å². The predicted molar refractivity (Wildman–Crippen MR) is 83.4 cm³/mol. The lowest BCUT2D eigenvalue weighted by atomic mass is 9.91. The Bertz CT molecular complexity index is 634. The Morgan fingerprint density at radius 3 is 2.35 bits per heavy atom. The molecule has 4 heteroatoms. The van der Waals surface area contributed by atoms with E-state index >= 15 is 0 Å². The van der Waals surface area contributed by atoms with Crippen LogP contribution in [0.15, 0.2) is 40.9 Å². The Balaban J connectivity index is 1.88. The van der Waals surface area contributed by atoms with Crippen LogP contribution in [0, 0.1) is 11.7 Å². The van der Waals surface area contributed by atoms with E-state index in [-0.39, 0.29) is 17.0 Å². The minimum atomic E-state index is -0.413. The van der Waals surface area contributed by atoms with Crippen molar-refractivity contribution in [3.63, 3.8) is 0 Å². The summed E-state index contributed by atoms with van der Waals surface area (Å²) in [5, 5.41) is 0.105. The molecule has 2 aromatic rings. The number of nitrogens with two attached hydrogens (primary N) is 1. The van der Waals surface area contributed by atoms with Crippen molar-refractivity contribution in [1.29, 1.82) is 0 Å². The van der Waals surface area contributed by atoms with Gasteiger partial charge < -0.3 is 5.73 Å². The average Bonchev–Trinajstić information content (AvgIpc) is 2.88. The van der Waals surface area contributed by atoms with Crippen LogP contribution in [-0.2, 0) is 12.8 Å². The quantitative estimate of drug-likeness (QED) is 0.780. The molecule has 20 heavy (non-hydrogen) atoms. The van der Waals surface area contributed by atoms with Gasteiger partial charge in [0.15, 0.2) is 0 Å². The van der Waals surface area contributed by atoms with Crippen molar-refractivity contribution in [2.75, 3.05) is 0 Å². The first-order valence-corrected chi connectivity index (χ1v) is 7.70. The number of rotatable bonds is 2. The summed E-state index contributed by atoms with van der Waals surface area (Å²) in [6.07, 6.45) is 1.79. The van der Waals surface area contributed by atoms with Crippen LogP contribution >= 0.6 is 27.5 Å². The van der Waals surface area contributed by atoms with Gasteiger partial charge in [-0.05, 0) is 51.9 Å². The molecular formula is C16H14BrClFN. The standard InChI is InChI=1S/C16H14BrClFN/c17-13-6-5-12(15(19)14(13)18)16(20)11-7-9-3-1-2-4-10(9)8-11/h1-6,11,16H,7-8,20H2. The monoisotopic (exact) mass is 353 g/mol. The summed E-state index contributed by atoms with van der Waals surface area (Å²) in [5.74, 6) is -0.191. The van der Waals surface area contributed by atoms with E-state index in [0.29, 0.717) is 10.0 Å². The fraction of sp³-hybridized carbons (Fsp3) is 0.250. The van der Waals surface area contributed by atoms with Gasteiger partial charge in [-0.1, -0.05) is 41.9 Å². The molecule has 3 rings (SSSR count). The Morgan fingerprint density at radius 2 is 1.75 bits per heavy atom. The molecule has 104 valence electrons. The van der Waals surface area contributed by atoms with E-state index in [2.05, 4.69) is 28.1 Å². The summed E-state index contributed by atoms with van der Waals surface area (Å²) in [5.41, 5.74) is 9.41. The highest BCUT2D eigenvalue weighted by Gasteiger charge is 2.29. The number of benzene rings is 2. The molecule has 0 radical (unpaired) electrons. The van der Waals surface area contributed by atoms with Crippen LogP contribution in [0.1, 0.15) is 22.7 Å². The lowest BCUT2D eigenvalue weighted by Crippen LogP contribution is -2.23. The van der Waals surface area contributed by atoms with Gasteiger partial charge in [0.05, 0.1) is 5.02 Å². The van der Waals surface area contributed by atoms with Gasteiger partial charge >= 0.3 is 0 Å². The van der Waals surface area contributed by atoms with Crippen LogP contribution in [0.3, 0.4) is 0 Å². The second-order valence-electron chi connectivity index (χ2n) is 5.23. The zero-order chi connectivity index (χ0) is 14.3. The van der Waals surface area contributed by atoms with Gasteiger partial charge in [0.25, 0.3) is 0 Å². The van der Waals surface area contributed by atoms with Gasteiger partial charge in [-0.3, -0.25) is 0 Å². The maximum absolute atomic E-state index is 14.3. The van der Waals surface area contributed by atoms with Crippen molar-refractivity contribution >= 4 is 27.5 Å². The Kier molecular flexibility index (Phi) is 3.85. The molecule has 0 spiro atoms. The van der Waals surface area contributed by atoms with Gasteiger partial charge in [0.2, 0.25) is 0 Å². The molecule has 1 nitrogen and oxygen atoms in total. The van der Waals surface area contributed by atoms with E-state index in [1.807, 2.05) is 12.1 Å². The highest BCUT2D eigenvalue weighted by Crippen LogP contribution is 2.37. The first-order valence-electron chi connectivity index (χ1n) is 6.53. The predicted octanol–water partition coefficient (Wildman–Crippen LogP) is 4.66. The van der Waals surface area contributed by atoms with Gasteiger partial charge in [-0.2, -0.15) is 0 Å². The number of halogens is 3. The molecule has 1 unspecified atom stereocenters. The summed E-state index contributed by atoms with van der Waals surface area (Å²) in [4.78, 5) is 0. The zero-order valence-electron chi connectivity index (χ0n) is 10.7. The van der Waals surface area contributed by atoms with Crippen molar-refractivity contribution in [2.24, 2.45) is 11.7 Å². The second-order valence-corrected chi connectivity index (χ2v) is 6.46. The first-order chi connectivity index (χ1) is 9.58. The first kappa shape index (κ1) is 14.1. The van der Waals surface area contributed by atoms with Crippen LogP contribution < -0.4 is 5.73 Å². The van der Waals surface area contributed by atoms with Crippen LogP contribution in [0.4, 0.5) is 4.39 Å². The highest BCUT2D eigenvalue weighted by atomic mass is 79.9. The molecule has 0 amide bonds. The van der Waals surface area contributed by atoms with Gasteiger partial charge in [0.1, 0.15) is 5.82 Å². The van der Waals surface area contributed by atoms with E-state index in [4.69, 9.17) is 17.3 Å². The van der Waals surface area contributed by atoms with Gasteiger partial charge in [-0.15, -0.1) is 0 Å². The molecule has 0 saturated heterocycles. The molecule has 0 aromatic heterocycles. The summed E-state index contributed by atoms with van der Waals surface area (Å²) in [6, 6.07) is 11.4. The third-order valence-electron chi connectivity index (χ3n) is 4.01. The molecule has 0 heterocycles. The number of hydrogen-bond donors (Lipinski definition) is 1. The van der Waals surface area contributed by atoms with Crippen LogP contribution in [0.5, 0.6) is 0 Å². The normalized spacial score (nSPS) is 16.2. The van der Waals surface area contributed by atoms with E-state index in [1.165, 1.54) is 11.1 Å². The summed E-state index contributed by atoms with van der Waals surface area (Å²) >= 11 is 9.17. The molecule has 1 aliphatic rings. The summed E-state index contributed by atoms with van der Waals surface area (Å²) in [7, 11) is 0. The van der Waals surface area contributed by atoms with E-state index in [1.54, 1.807) is 12.1 Å². The lowest BCUT2D eigenvalue weighted by molar-refractivity contribution is 0.436. The fourth-order valence-corrected chi connectivity index (χ4v) is 3.38. The Labute approximate surface area is 131 Å². The summed E-state index contributed by atoms with van der Waals surface area (Å²) in [6.45, 7) is 0. The third-order valence-corrected chi connectivity index (χ3v) is 5.27. The maximum Gasteiger partial charge on any atom is 0.147 e. The van der Waals surface area contributed by atoms with E-state index < -0.39 is 5.82 Å². The lowest BCUT2D eigenvalue weighted by Gasteiger charge is -2.20. The number of hydrogen-bond acceptors (Lipinski definition) is 1. The van der Waals surface area contributed by atoms with Crippen molar-refractivity contribution in [2.45, 2.75) is 18.9 Å². The molecule has 2 N–H and O–H groups in total. The average molecular weight is 355 g/mol. The van der Waals surface area contributed by atoms with E-state index in [9.17, 15) is 4.39 Å². The SMILES string of the molecule is NC(c1ccc(Br)c(Cl)c1F)C1Cc2ccccc2C1. The minimum absolute atomic E-state index is 0.105. The highest BCUT2D eigenvalue weighted by molar-refractivity contribution is 9.10. The smallest absolute Gasteiger partial charge is 0.147 e. The van der Waals surface area contributed by atoms with E-state index in [0.717, 1.165) is 12.8 Å². The molecule has 0 aliphatic heterocycles. The Hall–Kier alpha value is -0.900. The maximum atomic E-state index is 14.3. The van der Waals surface area contributed by atoms with Crippen LogP contribution in [0.2, 0.25) is 5.02 Å². The van der Waals surface area contributed by atoms with Crippen molar-refractivity contribution in [1.82, 2.24) is 0 Å². The molecule has 1 atom stereocenters. The Morgan fingerprint density at radius 1 is 1.15 bits per heavy atom. The van der Waals surface area contributed by atoms with Crippen LogP contribution in [-0.4, -0.2) is 0 Å². The molecule has 0 saturated carbocycles. The molecule has 1 aliphatic carbocycles. The van der Waals surface area contributed by atoms with Gasteiger partial charge in [0, 0.05) is 16.1 Å². The molecule has 0 fully saturated rings. The molecular weight excluding hydrogens is 341 g/mol. The minimum Gasteiger partial charge on any atom is -0.324 e.